The minimum atomic E-state index is -0.0707. The molecule has 3 heteroatoms. The van der Waals surface area contributed by atoms with Gasteiger partial charge in [0.25, 0.3) is 6.71 Å². The fourth-order valence-electron chi connectivity index (χ4n) is 15.0. The Labute approximate surface area is 441 Å². The molecule has 0 unspecified atom stereocenters. The summed E-state index contributed by atoms with van der Waals surface area (Å²) in [6, 6.07) is 94.8. The maximum absolute atomic E-state index is 2.68. The van der Waals surface area contributed by atoms with Gasteiger partial charge in [-0.3, -0.25) is 0 Å². The van der Waals surface area contributed by atoms with Gasteiger partial charge in [-0.25, -0.2) is 0 Å². The van der Waals surface area contributed by atoms with Gasteiger partial charge in [0.05, 0.1) is 16.6 Å². The van der Waals surface area contributed by atoms with Crippen LogP contribution in [0.15, 0.2) is 249 Å². The predicted octanol–water partition coefficient (Wildman–Crippen LogP) is 17.6. The van der Waals surface area contributed by atoms with Crippen molar-refractivity contribution in [3.05, 3.63) is 249 Å². The molecule has 0 spiro atoms. The molecule has 15 aromatic carbocycles. The Kier molecular flexibility index (Phi) is 7.59. The van der Waals surface area contributed by atoms with Crippen molar-refractivity contribution < 1.29 is 0 Å². The maximum Gasteiger partial charge on any atom is 0.252 e. The normalized spacial score (nSPS) is 12.9. The van der Waals surface area contributed by atoms with Gasteiger partial charge < -0.3 is 9.13 Å². The minimum absolute atomic E-state index is 0.0707. The van der Waals surface area contributed by atoms with E-state index < -0.39 is 0 Å². The number of rotatable bonds is 2. The molecule has 0 atom stereocenters. The summed E-state index contributed by atoms with van der Waals surface area (Å²) in [5, 5.41) is 25.8. The molecule has 0 amide bonds. The second-order valence-electron chi connectivity index (χ2n) is 21.8. The van der Waals surface area contributed by atoms with E-state index in [1.54, 1.807) is 0 Å². The van der Waals surface area contributed by atoms with Crippen LogP contribution in [-0.2, 0) is 0 Å². The average Bonchev–Trinajstić information content (AvgIpc) is 3.68. The Bertz CT molecular complexity index is 5560. The fraction of sp³-hybridized carbons (Fsp3) is 0. The first-order valence-corrected chi connectivity index (χ1v) is 27.0. The molecule has 2 aromatic heterocycles. The summed E-state index contributed by atoms with van der Waals surface area (Å²) in [7, 11) is 0. The molecule has 0 saturated heterocycles. The van der Waals surface area contributed by atoms with E-state index in [9.17, 15) is 0 Å². The molecule has 4 heterocycles. The fourth-order valence-corrected chi connectivity index (χ4v) is 15.0. The quantitative estimate of drug-likeness (QED) is 0.121. The van der Waals surface area contributed by atoms with E-state index in [1.165, 1.54) is 180 Å². The van der Waals surface area contributed by atoms with Gasteiger partial charge in [0.1, 0.15) is 0 Å². The third-order valence-corrected chi connectivity index (χ3v) is 18.1. The van der Waals surface area contributed by atoms with Crippen molar-refractivity contribution in [2.45, 2.75) is 0 Å². The molecule has 0 radical (unpaired) electrons. The van der Waals surface area contributed by atoms with Gasteiger partial charge in [-0.1, -0.05) is 200 Å². The molecular formula is C74H41BN2. The summed E-state index contributed by atoms with van der Waals surface area (Å²) in [5.41, 5.74) is 16.5. The van der Waals surface area contributed by atoms with Crippen LogP contribution in [0.4, 0.5) is 0 Å². The SMILES string of the molecule is c1cc2c3c(c1)-n1c4ccc5c6ccccc6c6ccccc6c5c4c4c5c6ccccc6c6ccccc6c5cc(c41)B3c1cc(-c3ccc4ccccc4c3)cc3c4cc(-c5ccc6ccccc6c5)ccc4n-2c13. The molecular weight excluding hydrogens is 928 g/mol. The highest BCUT2D eigenvalue weighted by Crippen LogP contribution is 2.50. The van der Waals surface area contributed by atoms with Crippen LogP contribution in [0.5, 0.6) is 0 Å². The molecule has 2 nitrogen and oxygen atoms in total. The number of hydrogen-bond donors (Lipinski definition) is 0. The van der Waals surface area contributed by atoms with Crippen molar-refractivity contribution in [1.29, 1.82) is 0 Å². The number of fused-ring (bicyclic) bond motifs is 26. The van der Waals surface area contributed by atoms with Crippen LogP contribution in [-0.4, -0.2) is 15.8 Å². The Morgan fingerprint density at radius 3 is 1.30 bits per heavy atom. The molecule has 2 aliphatic heterocycles. The Hall–Kier alpha value is -9.96. The lowest BCUT2D eigenvalue weighted by molar-refractivity contribution is 1.14. The van der Waals surface area contributed by atoms with Gasteiger partial charge in [0, 0.05) is 49.2 Å². The average molecular weight is 969 g/mol. The highest BCUT2D eigenvalue weighted by molar-refractivity contribution is 7.00. The zero-order chi connectivity index (χ0) is 49.8. The standard InChI is InChI=1S/C74H41BN2/c1-3-16-44-36-46(30-28-42(44)14-1)48-32-34-64-59(38-48)61-39-49(47-31-29-43-15-2-4-17-45(43)37-47)40-62-73(61)76(64)66-26-13-27-67-72(66)75(62)63-41-60-55-23-8-6-19-51(55)53-21-10-12-25-57(53)69(60)71-70-65(77(67)74(63)71)35-33-58-54-22-7-5-18-50(54)52-20-9-11-24-56(52)68(58)70/h1-41H. The Morgan fingerprint density at radius 1 is 0.234 bits per heavy atom. The van der Waals surface area contributed by atoms with Gasteiger partial charge >= 0.3 is 0 Å². The van der Waals surface area contributed by atoms with Crippen molar-refractivity contribution in [3.8, 4) is 33.6 Å². The first kappa shape index (κ1) is 40.4. The van der Waals surface area contributed by atoms with E-state index in [4.69, 9.17) is 0 Å². The molecule has 0 aliphatic carbocycles. The molecule has 19 rings (SSSR count). The lowest BCUT2D eigenvalue weighted by atomic mass is 9.34. The van der Waals surface area contributed by atoms with Crippen molar-refractivity contribution in [1.82, 2.24) is 9.13 Å². The van der Waals surface area contributed by atoms with Gasteiger partial charge in [0.15, 0.2) is 0 Å². The van der Waals surface area contributed by atoms with Crippen molar-refractivity contribution >= 4 is 153 Å². The molecule has 0 saturated carbocycles. The third-order valence-electron chi connectivity index (χ3n) is 18.1. The molecule has 17 aromatic rings. The van der Waals surface area contributed by atoms with E-state index in [0.29, 0.717) is 0 Å². The van der Waals surface area contributed by atoms with Crippen LogP contribution in [0.3, 0.4) is 0 Å². The van der Waals surface area contributed by atoms with Gasteiger partial charge in [-0.15, -0.1) is 0 Å². The smallest absolute Gasteiger partial charge is 0.252 e. The minimum Gasteiger partial charge on any atom is -0.310 e. The zero-order valence-corrected chi connectivity index (χ0v) is 41.6. The lowest BCUT2D eigenvalue weighted by Crippen LogP contribution is -2.59. The number of hydrogen-bond acceptors (Lipinski definition) is 0. The van der Waals surface area contributed by atoms with Crippen LogP contribution in [0, 0.1) is 0 Å². The van der Waals surface area contributed by atoms with E-state index in [1.807, 2.05) is 0 Å². The van der Waals surface area contributed by atoms with E-state index in [-0.39, 0.29) is 6.71 Å². The Balaban J connectivity index is 1.02. The highest BCUT2D eigenvalue weighted by Gasteiger charge is 2.42. The van der Waals surface area contributed by atoms with Crippen LogP contribution in [0.2, 0.25) is 0 Å². The van der Waals surface area contributed by atoms with E-state index >= 15 is 0 Å². The van der Waals surface area contributed by atoms with Gasteiger partial charge in [-0.2, -0.15) is 0 Å². The number of aromatic nitrogens is 2. The first-order valence-electron chi connectivity index (χ1n) is 27.0. The topological polar surface area (TPSA) is 9.86 Å². The largest absolute Gasteiger partial charge is 0.310 e. The summed E-state index contributed by atoms with van der Waals surface area (Å²) in [6.45, 7) is -0.0707. The number of nitrogens with zero attached hydrogens (tertiary/aromatic N) is 2. The van der Waals surface area contributed by atoms with E-state index in [2.05, 4.69) is 258 Å². The van der Waals surface area contributed by atoms with Crippen LogP contribution in [0.25, 0.3) is 163 Å². The summed E-state index contributed by atoms with van der Waals surface area (Å²) in [6.07, 6.45) is 0. The molecule has 0 bridgehead atoms. The summed E-state index contributed by atoms with van der Waals surface area (Å²) in [4.78, 5) is 0. The molecule has 0 N–H and O–H groups in total. The van der Waals surface area contributed by atoms with Crippen molar-refractivity contribution in [3.63, 3.8) is 0 Å². The summed E-state index contributed by atoms with van der Waals surface area (Å²) >= 11 is 0. The second kappa shape index (κ2) is 14.5. The molecule has 77 heavy (non-hydrogen) atoms. The van der Waals surface area contributed by atoms with Crippen molar-refractivity contribution in [2.24, 2.45) is 0 Å². The van der Waals surface area contributed by atoms with Gasteiger partial charge in [-0.05, 0) is 163 Å². The van der Waals surface area contributed by atoms with Crippen molar-refractivity contribution in [2.75, 3.05) is 0 Å². The third kappa shape index (κ3) is 5.12. The highest BCUT2D eigenvalue weighted by atomic mass is 15.0. The number of benzene rings is 15. The van der Waals surface area contributed by atoms with Crippen LogP contribution < -0.4 is 16.4 Å². The second-order valence-corrected chi connectivity index (χ2v) is 21.8. The Morgan fingerprint density at radius 2 is 0.675 bits per heavy atom. The zero-order valence-electron chi connectivity index (χ0n) is 41.6. The van der Waals surface area contributed by atoms with Crippen LogP contribution in [0.1, 0.15) is 0 Å². The van der Waals surface area contributed by atoms with Gasteiger partial charge in [0.2, 0.25) is 0 Å². The lowest BCUT2D eigenvalue weighted by Gasteiger charge is -2.34. The van der Waals surface area contributed by atoms with E-state index in [0.717, 1.165) is 0 Å². The molecule has 0 fully saturated rings. The molecule has 350 valence electrons. The summed E-state index contributed by atoms with van der Waals surface area (Å²) in [5.74, 6) is 0. The monoisotopic (exact) mass is 968 g/mol. The maximum atomic E-state index is 2.68. The predicted molar refractivity (Wildman–Crippen MR) is 331 cm³/mol. The van der Waals surface area contributed by atoms with Crippen LogP contribution >= 0.6 is 0 Å². The first-order chi connectivity index (χ1) is 38.2. The summed E-state index contributed by atoms with van der Waals surface area (Å²) < 4.78 is 5.30. The molecule has 2 aliphatic rings.